The number of hydrogen-bond acceptors (Lipinski definition) is 7. The summed E-state index contributed by atoms with van der Waals surface area (Å²) in [6, 6.07) is 11.7. The van der Waals surface area contributed by atoms with Crippen LogP contribution in [0.1, 0.15) is 22.7 Å². The SMILES string of the molecule is COc1ccc(Cc2nnc3n2N=C(c2cccs2)C(CC(=O)O)S3)cc1. The number of thioether (sulfide) groups is 1. The molecule has 2 aromatic heterocycles. The predicted molar refractivity (Wildman–Crippen MR) is 104 cm³/mol. The van der Waals surface area contributed by atoms with Crippen molar-refractivity contribution in [1.82, 2.24) is 14.9 Å². The van der Waals surface area contributed by atoms with Crippen molar-refractivity contribution in [3.8, 4) is 5.75 Å². The molecule has 3 aromatic rings. The lowest BCUT2D eigenvalue weighted by Crippen LogP contribution is -2.26. The number of methoxy groups -OCH3 is 1. The summed E-state index contributed by atoms with van der Waals surface area (Å²) in [5, 5.41) is 24.8. The molecule has 0 aliphatic carbocycles. The number of nitrogens with zero attached hydrogens (tertiary/aromatic N) is 4. The first kappa shape index (κ1) is 17.7. The van der Waals surface area contributed by atoms with E-state index in [2.05, 4.69) is 10.2 Å². The summed E-state index contributed by atoms with van der Waals surface area (Å²) in [4.78, 5) is 12.2. The molecule has 138 valence electrons. The molecule has 1 aliphatic rings. The molecule has 0 saturated heterocycles. The number of thiophene rings is 1. The number of hydrogen-bond donors (Lipinski definition) is 1. The zero-order valence-corrected chi connectivity index (χ0v) is 16.0. The van der Waals surface area contributed by atoms with Crippen LogP contribution in [0.4, 0.5) is 0 Å². The maximum absolute atomic E-state index is 11.3. The van der Waals surface area contributed by atoms with Gasteiger partial charge in [-0.25, -0.2) is 0 Å². The number of carboxylic acids is 1. The van der Waals surface area contributed by atoms with Crippen LogP contribution >= 0.6 is 23.1 Å². The van der Waals surface area contributed by atoms with Gasteiger partial charge < -0.3 is 9.84 Å². The maximum Gasteiger partial charge on any atom is 0.304 e. The van der Waals surface area contributed by atoms with Crippen LogP contribution in [0, 0.1) is 0 Å². The second-order valence-electron chi connectivity index (χ2n) is 5.90. The molecule has 3 heterocycles. The molecule has 27 heavy (non-hydrogen) atoms. The molecule has 4 rings (SSSR count). The van der Waals surface area contributed by atoms with Gasteiger partial charge in [-0.3, -0.25) is 4.79 Å². The van der Waals surface area contributed by atoms with E-state index in [1.165, 1.54) is 11.8 Å². The largest absolute Gasteiger partial charge is 0.497 e. The normalized spacial score (nSPS) is 15.9. The Balaban J connectivity index is 1.67. The Hall–Kier alpha value is -2.65. The lowest BCUT2D eigenvalue weighted by molar-refractivity contribution is -0.136. The Labute approximate surface area is 163 Å². The summed E-state index contributed by atoms with van der Waals surface area (Å²) in [6.07, 6.45) is 0.560. The van der Waals surface area contributed by atoms with Crippen LogP contribution in [0.3, 0.4) is 0 Å². The molecule has 0 bridgehead atoms. The minimum Gasteiger partial charge on any atom is -0.497 e. The molecule has 1 N–H and O–H groups in total. The second kappa shape index (κ2) is 7.53. The molecule has 0 amide bonds. The molecule has 0 fully saturated rings. The van der Waals surface area contributed by atoms with Crippen LogP contribution in [0.15, 0.2) is 52.0 Å². The third-order valence-corrected chi connectivity index (χ3v) is 6.12. The predicted octanol–water partition coefficient (Wildman–Crippen LogP) is 3.14. The minimum absolute atomic E-state index is 0.0118. The maximum atomic E-state index is 11.3. The van der Waals surface area contributed by atoms with Gasteiger partial charge in [0.05, 0.1) is 29.4 Å². The van der Waals surface area contributed by atoms with Gasteiger partial charge in [0.1, 0.15) is 5.75 Å². The van der Waals surface area contributed by atoms with Crippen molar-refractivity contribution in [2.45, 2.75) is 23.2 Å². The van der Waals surface area contributed by atoms with Crippen LogP contribution in [0.5, 0.6) is 5.75 Å². The number of ether oxygens (including phenoxy) is 1. The lowest BCUT2D eigenvalue weighted by atomic mass is 10.1. The van der Waals surface area contributed by atoms with Crippen LogP contribution in [0.2, 0.25) is 0 Å². The van der Waals surface area contributed by atoms with E-state index in [9.17, 15) is 9.90 Å². The molecule has 9 heteroatoms. The van der Waals surface area contributed by atoms with Crippen LogP contribution < -0.4 is 4.74 Å². The number of rotatable bonds is 6. The van der Waals surface area contributed by atoms with Gasteiger partial charge in [-0.2, -0.15) is 9.78 Å². The fourth-order valence-electron chi connectivity index (χ4n) is 2.79. The first-order chi connectivity index (χ1) is 13.1. The first-order valence-electron chi connectivity index (χ1n) is 8.22. The molecule has 1 atom stereocenters. The monoisotopic (exact) mass is 400 g/mol. The molecular weight excluding hydrogens is 384 g/mol. The van der Waals surface area contributed by atoms with Gasteiger partial charge in [0.2, 0.25) is 5.16 Å². The van der Waals surface area contributed by atoms with E-state index in [0.717, 1.165) is 21.9 Å². The Kier molecular flexibility index (Phi) is 4.95. The summed E-state index contributed by atoms with van der Waals surface area (Å²) in [6.45, 7) is 0. The van der Waals surface area contributed by atoms with Gasteiger partial charge in [-0.1, -0.05) is 30.0 Å². The average molecular weight is 400 g/mol. The summed E-state index contributed by atoms with van der Waals surface area (Å²) in [5.74, 6) is 0.653. The Morgan fingerprint density at radius 3 is 2.74 bits per heavy atom. The van der Waals surface area contributed by atoms with Crippen molar-refractivity contribution in [2.75, 3.05) is 7.11 Å². The third kappa shape index (κ3) is 3.74. The zero-order valence-electron chi connectivity index (χ0n) is 14.4. The third-order valence-electron chi connectivity index (χ3n) is 4.09. The highest BCUT2D eigenvalue weighted by Crippen LogP contribution is 2.33. The fourth-order valence-corrected chi connectivity index (χ4v) is 4.73. The molecule has 1 aromatic carbocycles. The summed E-state index contributed by atoms with van der Waals surface area (Å²) >= 11 is 2.94. The number of carbonyl (C=O) groups is 1. The molecular formula is C18H16N4O3S2. The van der Waals surface area contributed by atoms with Crippen molar-refractivity contribution in [3.63, 3.8) is 0 Å². The molecule has 0 saturated carbocycles. The van der Waals surface area contributed by atoms with Gasteiger partial charge >= 0.3 is 5.97 Å². The van der Waals surface area contributed by atoms with Gasteiger partial charge in [0, 0.05) is 6.42 Å². The van der Waals surface area contributed by atoms with Crippen molar-refractivity contribution >= 4 is 34.8 Å². The topological polar surface area (TPSA) is 89.6 Å². The van der Waals surface area contributed by atoms with E-state index in [1.807, 2.05) is 41.8 Å². The standard InChI is InChI=1S/C18H16N4O3S2/c1-25-12-6-4-11(5-7-12)9-15-19-20-18-22(15)21-17(13-3-2-8-26-13)14(27-18)10-16(23)24/h2-8,14H,9-10H2,1H3,(H,23,24). The summed E-state index contributed by atoms with van der Waals surface area (Å²) in [5.41, 5.74) is 1.82. The molecule has 1 aliphatic heterocycles. The zero-order chi connectivity index (χ0) is 18.8. The number of aliphatic carboxylic acids is 1. The summed E-state index contributed by atoms with van der Waals surface area (Å²) < 4.78 is 6.91. The summed E-state index contributed by atoms with van der Waals surface area (Å²) in [7, 11) is 1.63. The average Bonchev–Trinajstić information content (AvgIpc) is 3.32. The first-order valence-corrected chi connectivity index (χ1v) is 9.98. The fraction of sp³-hybridized carbons (Fsp3) is 0.222. The number of benzene rings is 1. The number of aromatic nitrogens is 3. The second-order valence-corrected chi connectivity index (χ2v) is 8.02. The Bertz CT molecular complexity index is 981. The van der Waals surface area contributed by atoms with E-state index in [1.54, 1.807) is 23.1 Å². The van der Waals surface area contributed by atoms with E-state index in [0.29, 0.717) is 17.4 Å². The number of fused-ring (bicyclic) bond motifs is 1. The van der Waals surface area contributed by atoms with E-state index in [4.69, 9.17) is 9.84 Å². The quantitative estimate of drug-likeness (QED) is 0.684. The van der Waals surface area contributed by atoms with Crippen molar-refractivity contribution in [2.24, 2.45) is 5.10 Å². The van der Waals surface area contributed by atoms with E-state index in [-0.39, 0.29) is 11.7 Å². The van der Waals surface area contributed by atoms with Crippen molar-refractivity contribution in [3.05, 3.63) is 58.0 Å². The molecule has 0 spiro atoms. The van der Waals surface area contributed by atoms with Gasteiger partial charge in [0.15, 0.2) is 5.82 Å². The van der Waals surface area contributed by atoms with Crippen LogP contribution in [0.25, 0.3) is 0 Å². The van der Waals surface area contributed by atoms with Gasteiger partial charge in [-0.05, 0) is 29.1 Å². The molecule has 0 radical (unpaired) electrons. The van der Waals surface area contributed by atoms with Crippen LogP contribution in [-0.2, 0) is 11.2 Å². The lowest BCUT2D eigenvalue weighted by Gasteiger charge is -2.21. The molecule has 1 unspecified atom stereocenters. The van der Waals surface area contributed by atoms with E-state index >= 15 is 0 Å². The van der Waals surface area contributed by atoms with Gasteiger partial charge in [0.25, 0.3) is 0 Å². The van der Waals surface area contributed by atoms with Gasteiger partial charge in [-0.15, -0.1) is 21.5 Å². The molecule has 7 nitrogen and oxygen atoms in total. The van der Waals surface area contributed by atoms with Crippen LogP contribution in [-0.4, -0.2) is 44.0 Å². The highest BCUT2D eigenvalue weighted by molar-refractivity contribution is 8.00. The van der Waals surface area contributed by atoms with E-state index < -0.39 is 5.97 Å². The Morgan fingerprint density at radius 1 is 1.26 bits per heavy atom. The van der Waals surface area contributed by atoms with Crippen molar-refractivity contribution in [1.29, 1.82) is 0 Å². The van der Waals surface area contributed by atoms with Crippen molar-refractivity contribution < 1.29 is 14.6 Å². The highest BCUT2D eigenvalue weighted by Gasteiger charge is 2.31. The Morgan fingerprint density at radius 2 is 2.07 bits per heavy atom. The minimum atomic E-state index is -0.858. The number of carboxylic acid groups (broad SMARTS) is 1. The highest BCUT2D eigenvalue weighted by atomic mass is 32.2. The smallest absolute Gasteiger partial charge is 0.304 e.